The van der Waals surface area contributed by atoms with Gasteiger partial charge in [0, 0.05) is 13.1 Å². The highest BCUT2D eigenvalue weighted by molar-refractivity contribution is 5.85. The van der Waals surface area contributed by atoms with Crippen molar-refractivity contribution in [2.45, 2.75) is 26.1 Å². The van der Waals surface area contributed by atoms with E-state index >= 15 is 0 Å². The Bertz CT molecular complexity index is 165. The fourth-order valence-corrected chi connectivity index (χ4v) is 1.17. The summed E-state index contributed by atoms with van der Waals surface area (Å²) in [6.45, 7) is 5.49. The van der Waals surface area contributed by atoms with Crippen LogP contribution in [-0.2, 0) is 14.3 Å². The molecule has 1 rings (SSSR count). The molecule has 0 aromatic rings. The van der Waals surface area contributed by atoms with Crippen molar-refractivity contribution in [2.24, 2.45) is 0 Å². The zero-order valence-corrected chi connectivity index (χ0v) is 8.73. The van der Waals surface area contributed by atoms with Crippen molar-refractivity contribution in [3.05, 3.63) is 0 Å². The van der Waals surface area contributed by atoms with Crippen LogP contribution in [0.1, 0.15) is 13.8 Å². The largest absolute Gasteiger partial charge is 0.464 e. The number of esters is 1. The normalized spacial score (nSPS) is 27.5. The molecule has 5 heteroatoms. The van der Waals surface area contributed by atoms with E-state index in [4.69, 9.17) is 9.47 Å². The summed E-state index contributed by atoms with van der Waals surface area (Å²) in [6, 6.07) is 0. The maximum atomic E-state index is 11.2. The first kappa shape index (κ1) is 12.7. The standard InChI is InChI=1S/C8H15NO3.ClH/c1-3-11-8(10)7-5-9-4-6(2)12-7;/h6-7,9H,3-5H2,1-2H3;1H/t6-,7-;/m1./s1. The second kappa shape index (κ2) is 6.18. The third kappa shape index (κ3) is 3.93. The monoisotopic (exact) mass is 209 g/mol. The number of hydrogen-bond donors (Lipinski definition) is 1. The van der Waals surface area contributed by atoms with Gasteiger partial charge in [-0.1, -0.05) is 0 Å². The average molecular weight is 210 g/mol. The number of morpholine rings is 1. The molecular formula is C8H16ClNO3. The molecule has 0 bridgehead atoms. The maximum absolute atomic E-state index is 11.2. The molecule has 0 aliphatic carbocycles. The number of nitrogens with one attached hydrogen (secondary N) is 1. The molecule has 1 heterocycles. The molecular weight excluding hydrogens is 194 g/mol. The molecule has 2 atom stereocenters. The van der Waals surface area contributed by atoms with E-state index in [9.17, 15) is 4.79 Å². The van der Waals surface area contributed by atoms with Crippen LogP contribution in [0.5, 0.6) is 0 Å². The molecule has 1 aliphatic heterocycles. The summed E-state index contributed by atoms with van der Waals surface area (Å²) in [4.78, 5) is 11.2. The minimum absolute atomic E-state index is 0. The van der Waals surface area contributed by atoms with Crippen LogP contribution < -0.4 is 5.32 Å². The van der Waals surface area contributed by atoms with Gasteiger partial charge in [0.1, 0.15) is 0 Å². The minimum atomic E-state index is -0.423. The molecule has 1 fully saturated rings. The van der Waals surface area contributed by atoms with E-state index in [1.807, 2.05) is 6.92 Å². The predicted octanol–water partition coefficient (Wildman–Crippen LogP) is 0.348. The molecule has 1 N–H and O–H groups in total. The number of halogens is 1. The Morgan fingerprint density at radius 2 is 2.31 bits per heavy atom. The molecule has 4 nitrogen and oxygen atoms in total. The molecule has 0 aromatic heterocycles. The summed E-state index contributed by atoms with van der Waals surface area (Å²) in [6.07, 6.45) is -0.332. The Balaban J connectivity index is 0.00000144. The number of ether oxygens (including phenoxy) is 2. The van der Waals surface area contributed by atoms with Gasteiger partial charge >= 0.3 is 5.97 Å². The topological polar surface area (TPSA) is 47.6 Å². The summed E-state index contributed by atoms with van der Waals surface area (Å²) < 4.78 is 10.2. The molecule has 0 spiro atoms. The van der Waals surface area contributed by atoms with Crippen LogP contribution in [0.3, 0.4) is 0 Å². The van der Waals surface area contributed by atoms with Gasteiger partial charge in [-0.2, -0.15) is 0 Å². The van der Waals surface area contributed by atoms with Crippen molar-refractivity contribution in [1.82, 2.24) is 5.32 Å². The maximum Gasteiger partial charge on any atom is 0.336 e. The second-order valence-corrected chi connectivity index (χ2v) is 2.85. The van der Waals surface area contributed by atoms with Crippen molar-refractivity contribution >= 4 is 18.4 Å². The van der Waals surface area contributed by atoms with Gasteiger partial charge in [-0.25, -0.2) is 4.79 Å². The zero-order valence-electron chi connectivity index (χ0n) is 7.91. The summed E-state index contributed by atoms with van der Waals surface area (Å²) >= 11 is 0. The zero-order chi connectivity index (χ0) is 8.97. The molecule has 1 saturated heterocycles. The van der Waals surface area contributed by atoms with Gasteiger partial charge in [0.2, 0.25) is 0 Å². The fourth-order valence-electron chi connectivity index (χ4n) is 1.17. The lowest BCUT2D eigenvalue weighted by Gasteiger charge is -2.26. The van der Waals surface area contributed by atoms with E-state index < -0.39 is 6.10 Å². The Morgan fingerprint density at radius 3 is 2.85 bits per heavy atom. The number of carbonyl (C=O) groups is 1. The van der Waals surface area contributed by atoms with Gasteiger partial charge < -0.3 is 14.8 Å². The van der Waals surface area contributed by atoms with Crippen molar-refractivity contribution in [3.8, 4) is 0 Å². The van der Waals surface area contributed by atoms with Crippen LogP contribution >= 0.6 is 12.4 Å². The fraction of sp³-hybridized carbons (Fsp3) is 0.875. The second-order valence-electron chi connectivity index (χ2n) is 2.85. The summed E-state index contributed by atoms with van der Waals surface area (Å²) in [5.74, 6) is -0.267. The third-order valence-corrected chi connectivity index (χ3v) is 1.71. The SMILES string of the molecule is CCOC(=O)[C@H]1CNC[C@@H](C)O1.Cl. The lowest BCUT2D eigenvalue weighted by atomic mass is 10.2. The van der Waals surface area contributed by atoms with Crippen LogP contribution in [0, 0.1) is 0 Å². The van der Waals surface area contributed by atoms with Crippen LogP contribution in [0.4, 0.5) is 0 Å². The van der Waals surface area contributed by atoms with Gasteiger partial charge in [-0.15, -0.1) is 12.4 Å². The van der Waals surface area contributed by atoms with E-state index in [0.717, 1.165) is 6.54 Å². The molecule has 78 valence electrons. The van der Waals surface area contributed by atoms with Gasteiger partial charge in [-0.3, -0.25) is 0 Å². The molecule has 1 aliphatic rings. The number of hydrogen-bond acceptors (Lipinski definition) is 4. The highest BCUT2D eigenvalue weighted by atomic mass is 35.5. The van der Waals surface area contributed by atoms with Gasteiger partial charge in [0.15, 0.2) is 6.10 Å². The smallest absolute Gasteiger partial charge is 0.336 e. The molecule has 0 unspecified atom stereocenters. The minimum Gasteiger partial charge on any atom is -0.464 e. The van der Waals surface area contributed by atoms with Crippen LogP contribution in [0.25, 0.3) is 0 Å². The lowest BCUT2D eigenvalue weighted by Crippen LogP contribution is -2.47. The quantitative estimate of drug-likeness (QED) is 0.667. The van der Waals surface area contributed by atoms with Gasteiger partial charge in [0.25, 0.3) is 0 Å². The first-order chi connectivity index (χ1) is 5.74. The number of rotatable bonds is 2. The average Bonchev–Trinajstić information content (AvgIpc) is 2.05. The van der Waals surface area contributed by atoms with Crippen LogP contribution in [0.2, 0.25) is 0 Å². The van der Waals surface area contributed by atoms with E-state index in [2.05, 4.69) is 5.32 Å². The van der Waals surface area contributed by atoms with Crippen molar-refractivity contribution in [2.75, 3.05) is 19.7 Å². The Labute approximate surface area is 84.4 Å². The van der Waals surface area contributed by atoms with Crippen molar-refractivity contribution < 1.29 is 14.3 Å². The van der Waals surface area contributed by atoms with Crippen LogP contribution in [0.15, 0.2) is 0 Å². The summed E-state index contributed by atoms with van der Waals surface area (Å²) in [5, 5.41) is 3.10. The predicted molar refractivity (Wildman–Crippen MR) is 51.1 cm³/mol. The summed E-state index contributed by atoms with van der Waals surface area (Å²) in [5.41, 5.74) is 0. The van der Waals surface area contributed by atoms with Gasteiger partial charge in [-0.05, 0) is 13.8 Å². The van der Waals surface area contributed by atoms with Crippen molar-refractivity contribution in [1.29, 1.82) is 0 Å². The lowest BCUT2D eigenvalue weighted by molar-refractivity contribution is -0.162. The van der Waals surface area contributed by atoms with E-state index in [1.165, 1.54) is 0 Å². The Hall–Kier alpha value is -0.320. The molecule has 0 radical (unpaired) electrons. The first-order valence-electron chi connectivity index (χ1n) is 4.27. The highest BCUT2D eigenvalue weighted by Gasteiger charge is 2.26. The molecule has 0 aromatic carbocycles. The third-order valence-electron chi connectivity index (χ3n) is 1.71. The molecule has 0 amide bonds. The highest BCUT2D eigenvalue weighted by Crippen LogP contribution is 2.04. The Morgan fingerprint density at radius 1 is 1.62 bits per heavy atom. The van der Waals surface area contributed by atoms with Crippen molar-refractivity contribution in [3.63, 3.8) is 0 Å². The van der Waals surface area contributed by atoms with Gasteiger partial charge in [0.05, 0.1) is 12.7 Å². The Kier molecular flexibility index (Phi) is 6.03. The molecule has 0 saturated carbocycles. The van der Waals surface area contributed by atoms with Crippen LogP contribution in [-0.4, -0.2) is 37.9 Å². The first-order valence-corrected chi connectivity index (χ1v) is 4.27. The summed E-state index contributed by atoms with van der Waals surface area (Å²) in [7, 11) is 0. The number of carbonyl (C=O) groups excluding carboxylic acids is 1. The van der Waals surface area contributed by atoms with E-state index in [-0.39, 0.29) is 24.5 Å². The van der Waals surface area contributed by atoms with E-state index in [1.54, 1.807) is 6.92 Å². The molecule has 13 heavy (non-hydrogen) atoms. The van der Waals surface area contributed by atoms with E-state index in [0.29, 0.717) is 13.2 Å².